The molecule has 0 fully saturated rings. The van der Waals surface area contributed by atoms with Crippen LogP contribution in [0.1, 0.15) is 35.1 Å². The average molecular weight is 577 g/mol. The number of nitrogens with one attached hydrogen (secondary N) is 1. The van der Waals surface area contributed by atoms with Gasteiger partial charge in [0.15, 0.2) is 0 Å². The highest BCUT2D eigenvalue weighted by atomic mass is 35.5. The highest BCUT2D eigenvalue weighted by Crippen LogP contribution is 2.37. The van der Waals surface area contributed by atoms with Gasteiger partial charge in [-0.05, 0) is 41.0 Å². The van der Waals surface area contributed by atoms with E-state index < -0.39 is 11.7 Å². The number of rotatable bonds is 11. The van der Waals surface area contributed by atoms with Gasteiger partial charge in [0.2, 0.25) is 0 Å². The van der Waals surface area contributed by atoms with E-state index in [4.69, 9.17) is 16.3 Å². The first kappa shape index (κ1) is 28.8. The second kappa shape index (κ2) is 12.8. The quantitative estimate of drug-likeness (QED) is 0.170. The lowest BCUT2D eigenvalue weighted by Crippen LogP contribution is -2.34. The van der Waals surface area contributed by atoms with Crippen LogP contribution in [-0.4, -0.2) is 29.6 Å². The van der Waals surface area contributed by atoms with Crippen LogP contribution >= 0.6 is 11.6 Å². The molecule has 212 valence electrons. The monoisotopic (exact) mass is 576 g/mol. The van der Waals surface area contributed by atoms with Gasteiger partial charge < -0.3 is 9.72 Å². The molecule has 1 heterocycles. The van der Waals surface area contributed by atoms with Crippen molar-refractivity contribution in [1.82, 2.24) is 9.88 Å². The number of halogens is 4. The Morgan fingerprint density at radius 2 is 1.46 bits per heavy atom. The van der Waals surface area contributed by atoms with Crippen LogP contribution in [0.2, 0.25) is 5.02 Å². The fraction of sp³-hybridized carbons (Fsp3) is 0.235. The Bertz CT molecular complexity index is 1510. The maximum Gasteiger partial charge on any atom is 0.417 e. The lowest BCUT2D eigenvalue weighted by molar-refractivity contribution is -0.137. The van der Waals surface area contributed by atoms with Gasteiger partial charge in [-0.3, -0.25) is 4.90 Å². The Kier molecular flexibility index (Phi) is 9.01. The minimum atomic E-state index is -4.52. The number of nitrogens with zero attached hydrogens (tertiary/aromatic N) is 1. The normalized spacial score (nSPS) is 12.8. The summed E-state index contributed by atoms with van der Waals surface area (Å²) in [5.41, 5.74) is 2.93. The maximum absolute atomic E-state index is 13.7. The summed E-state index contributed by atoms with van der Waals surface area (Å²) in [5, 5.41) is 0.768. The third kappa shape index (κ3) is 7.13. The number of aromatic amines is 1. The summed E-state index contributed by atoms with van der Waals surface area (Å²) in [6, 6.07) is 32.4. The molecule has 0 aliphatic carbocycles. The fourth-order valence-corrected chi connectivity index (χ4v) is 5.60. The topological polar surface area (TPSA) is 28.3 Å². The molecule has 5 aromatic rings. The molecule has 3 nitrogen and oxygen atoms in total. The molecule has 1 atom stereocenters. The average Bonchev–Trinajstić information content (AvgIpc) is 3.46. The third-order valence-corrected chi connectivity index (χ3v) is 7.72. The predicted molar refractivity (Wildman–Crippen MR) is 159 cm³/mol. The molecule has 7 heteroatoms. The number of H-pyrrole nitrogens is 1. The van der Waals surface area contributed by atoms with Gasteiger partial charge in [-0.15, -0.1) is 0 Å². The standard InChI is InChI=1S/C34H32ClF3N2O/c1-24(23-41-32-17-9-16-31-28(32)18-19-39-31)20-40(21-27-14-8-15-30(33(27)35)34(36,37)38)22-29(25-10-4-2-5-11-25)26-12-6-3-7-13-26/h2-19,24,29,39H,20-23H2,1H3. The molecule has 5 rings (SSSR count). The summed E-state index contributed by atoms with van der Waals surface area (Å²) < 4.78 is 47.2. The van der Waals surface area contributed by atoms with Crippen LogP contribution in [0.5, 0.6) is 5.75 Å². The summed E-state index contributed by atoms with van der Waals surface area (Å²) in [6.07, 6.45) is -2.64. The fourth-order valence-electron chi connectivity index (χ4n) is 5.31. The Morgan fingerprint density at radius 1 is 0.805 bits per heavy atom. The van der Waals surface area contributed by atoms with E-state index in [1.807, 2.05) is 66.9 Å². The van der Waals surface area contributed by atoms with Gasteiger partial charge in [-0.2, -0.15) is 13.2 Å². The van der Waals surface area contributed by atoms with Crippen molar-refractivity contribution in [2.24, 2.45) is 5.92 Å². The highest BCUT2D eigenvalue weighted by Gasteiger charge is 2.34. The molecule has 0 spiro atoms. The first-order valence-corrected chi connectivity index (χ1v) is 14.0. The van der Waals surface area contributed by atoms with Crippen molar-refractivity contribution in [2.45, 2.75) is 25.6 Å². The van der Waals surface area contributed by atoms with Crippen molar-refractivity contribution in [3.8, 4) is 5.75 Å². The first-order valence-electron chi connectivity index (χ1n) is 13.7. The Balaban J connectivity index is 1.41. The summed E-state index contributed by atoms with van der Waals surface area (Å²) in [4.78, 5) is 5.39. The molecule has 0 saturated carbocycles. The van der Waals surface area contributed by atoms with E-state index in [1.165, 1.54) is 6.07 Å². The van der Waals surface area contributed by atoms with E-state index in [9.17, 15) is 13.2 Å². The van der Waals surface area contributed by atoms with Gasteiger partial charge >= 0.3 is 6.18 Å². The molecule has 0 bridgehead atoms. The number of benzene rings is 4. The van der Waals surface area contributed by atoms with Gasteiger partial charge in [-0.1, -0.05) is 97.4 Å². The molecule has 4 aromatic carbocycles. The Hall–Kier alpha value is -3.74. The number of aromatic nitrogens is 1. The molecule has 0 saturated heterocycles. The molecule has 0 radical (unpaired) electrons. The van der Waals surface area contributed by atoms with E-state index >= 15 is 0 Å². The van der Waals surface area contributed by atoms with E-state index in [0.29, 0.717) is 25.3 Å². The van der Waals surface area contributed by atoms with Crippen LogP contribution in [0.3, 0.4) is 0 Å². The van der Waals surface area contributed by atoms with Crippen LogP contribution < -0.4 is 4.74 Å². The molecule has 1 N–H and O–H groups in total. The number of hydrogen-bond acceptors (Lipinski definition) is 2. The largest absolute Gasteiger partial charge is 0.493 e. The number of ether oxygens (including phenoxy) is 1. The minimum Gasteiger partial charge on any atom is -0.493 e. The second-order valence-corrected chi connectivity index (χ2v) is 10.8. The molecule has 41 heavy (non-hydrogen) atoms. The Morgan fingerprint density at radius 3 is 2.12 bits per heavy atom. The zero-order chi connectivity index (χ0) is 28.8. The zero-order valence-electron chi connectivity index (χ0n) is 22.7. The molecule has 0 amide bonds. The van der Waals surface area contributed by atoms with Crippen LogP contribution in [0, 0.1) is 5.92 Å². The van der Waals surface area contributed by atoms with E-state index in [0.717, 1.165) is 33.8 Å². The van der Waals surface area contributed by atoms with Gasteiger partial charge in [0.25, 0.3) is 0 Å². The smallest absolute Gasteiger partial charge is 0.417 e. The van der Waals surface area contributed by atoms with Crippen molar-refractivity contribution in [3.63, 3.8) is 0 Å². The summed E-state index contributed by atoms with van der Waals surface area (Å²) in [5.74, 6) is 0.902. The third-order valence-electron chi connectivity index (χ3n) is 7.27. The number of fused-ring (bicyclic) bond motifs is 1. The second-order valence-electron chi connectivity index (χ2n) is 10.5. The van der Waals surface area contributed by atoms with Crippen LogP contribution in [0.15, 0.2) is 109 Å². The summed E-state index contributed by atoms with van der Waals surface area (Å²) >= 11 is 6.36. The maximum atomic E-state index is 13.7. The first-order chi connectivity index (χ1) is 19.8. The molecule has 1 aromatic heterocycles. The number of alkyl halides is 3. The van der Waals surface area contributed by atoms with E-state index in [1.54, 1.807) is 6.07 Å². The van der Waals surface area contributed by atoms with Crippen LogP contribution in [0.25, 0.3) is 10.9 Å². The van der Waals surface area contributed by atoms with Gasteiger partial charge in [-0.25, -0.2) is 0 Å². The highest BCUT2D eigenvalue weighted by molar-refractivity contribution is 6.32. The van der Waals surface area contributed by atoms with Crippen LogP contribution in [-0.2, 0) is 12.7 Å². The van der Waals surface area contributed by atoms with Gasteiger partial charge in [0, 0.05) is 48.6 Å². The Labute approximate surface area is 243 Å². The van der Waals surface area contributed by atoms with Gasteiger partial charge in [0.05, 0.1) is 17.2 Å². The van der Waals surface area contributed by atoms with E-state index in [2.05, 4.69) is 41.1 Å². The van der Waals surface area contributed by atoms with Crippen molar-refractivity contribution < 1.29 is 17.9 Å². The van der Waals surface area contributed by atoms with Crippen LogP contribution in [0.4, 0.5) is 13.2 Å². The van der Waals surface area contributed by atoms with E-state index in [-0.39, 0.29) is 23.4 Å². The molecule has 0 aliphatic heterocycles. The van der Waals surface area contributed by atoms with Crippen molar-refractivity contribution in [1.29, 1.82) is 0 Å². The van der Waals surface area contributed by atoms with Crippen molar-refractivity contribution in [2.75, 3.05) is 19.7 Å². The predicted octanol–water partition coefficient (Wildman–Crippen LogP) is 9.19. The van der Waals surface area contributed by atoms with Crippen molar-refractivity contribution in [3.05, 3.63) is 137 Å². The summed E-state index contributed by atoms with van der Waals surface area (Å²) in [7, 11) is 0. The molecular formula is C34H32ClF3N2O. The molecule has 1 unspecified atom stereocenters. The summed E-state index contributed by atoms with van der Waals surface area (Å²) in [6.45, 7) is 4.03. The van der Waals surface area contributed by atoms with Gasteiger partial charge in [0.1, 0.15) is 5.75 Å². The lowest BCUT2D eigenvalue weighted by atomic mass is 9.90. The number of hydrogen-bond donors (Lipinski definition) is 1. The van der Waals surface area contributed by atoms with Crippen molar-refractivity contribution >= 4 is 22.5 Å². The molecule has 0 aliphatic rings. The molecular weight excluding hydrogens is 545 g/mol. The lowest BCUT2D eigenvalue weighted by Gasteiger charge is -2.31. The zero-order valence-corrected chi connectivity index (χ0v) is 23.5. The minimum absolute atomic E-state index is 0.0173. The SMILES string of the molecule is CC(COc1cccc2[nH]ccc12)CN(Cc1cccc(C(F)(F)F)c1Cl)CC(c1ccccc1)c1ccccc1.